The lowest BCUT2D eigenvalue weighted by Crippen LogP contribution is -2.16. The number of nitro benzene ring substituents is 1. The van der Waals surface area contributed by atoms with Crippen LogP contribution in [0.25, 0.3) is 28.2 Å². The third-order valence-electron chi connectivity index (χ3n) is 4.60. The number of nitrogens with zero attached hydrogens (tertiary/aromatic N) is 3. The van der Waals surface area contributed by atoms with Crippen LogP contribution in [0.1, 0.15) is 0 Å². The minimum absolute atomic E-state index is 0.0991. The molecule has 0 fully saturated rings. The molecule has 0 atom stereocenters. The van der Waals surface area contributed by atoms with Crippen LogP contribution in [0.2, 0.25) is 5.02 Å². The summed E-state index contributed by atoms with van der Waals surface area (Å²) in [5.41, 5.74) is 2.35. The molecule has 3 aromatic carbocycles. The van der Waals surface area contributed by atoms with Crippen molar-refractivity contribution in [2.24, 2.45) is 5.14 Å². The summed E-state index contributed by atoms with van der Waals surface area (Å²) in [5, 5.41) is 21.8. The molecule has 0 unspecified atom stereocenters. The molecular weight excluding hydrogens is 440 g/mol. The van der Waals surface area contributed by atoms with Gasteiger partial charge in [0, 0.05) is 28.3 Å². The first-order chi connectivity index (χ1) is 14.7. The first-order valence-corrected chi connectivity index (χ1v) is 10.9. The highest BCUT2D eigenvalue weighted by Crippen LogP contribution is 2.32. The molecule has 1 aromatic heterocycles. The Morgan fingerprint density at radius 2 is 1.65 bits per heavy atom. The van der Waals surface area contributed by atoms with E-state index in [2.05, 4.69) is 5.10 Å². The average Bonchev–Trinajstić information content (AvgIpc) is 3.19. The summed E-state index contributed by atoms with van der Waals surface area (Å²) in [6.07, 6.45) is 0. The van der Waals surface area contributed by atoms with Crippen molar-refractivity contribution in [3.63, 3.8) is 0 Å². The van der Waals surface area contributed by atoms with Gasteiger partial charge < -0.3 is 0 Å². The number of non-ortho nitro benzene ring substituents is 1. The number of halogens is 1. The highest BCUT2D eigenvalue weighted by Gasteiger charge is 2.21. The van der Waals surface area contributed by atoms with Crippen molar-refractivity contribution < 1.29 is 13.3 Å². The third kappa shape index (κ3) is 4.19. The molecule has 10 heteroatoms. The van der Waals surface area contributed by atoms with Gasteiger partial charge in [-0.15, -0.1) is 0 Å². The van der Waals surface area contributed by atoms with Gasteiger partial charge in [-0.2, -0.15) is 5.10 Å². The maximum absolute atomic E-state index is 12.2. The summed E-state index contributed by atoms with van der Waals surface area (Å²) in [6.45, 7) is 0. The Labute approximate surface area is 182 Å². The Morgan fingerprint density at radius 1 is 0.935 bits per heavy atom. The van der Waals surface area contributed by atoms with E-state index in [4.69, 9.17) is 16.7 Å². The normalized spacial score (nSPS) is 11.4. The number of benzene rings is 3. The van der Waals surface area contributed by atoms with E-state index in [9.17, 15) is 18.5 Å². The topological polar surface area (TPSA) is 121 Å². The zero-order valence-corrected chi connectivity index (χ0v) is 17.4. The van der Waals surface area contributed by atoms with Crippen LogP contribution < -0.4 is 5.14 Å². The molecule has 0 aliphatic carbocycles. The first kappa shape index (κ1) is 20.7. The lowest BCUT2D eigenvalue weighted by atomic mass is 10.1. The van der Waals surface area contributed by atoms with Crippen molar-refractivity contribution in [1.82, 2.24) is 9.78 Å². The van der Waals surface area contributed by atoms with Gasteiger partial charge in [0.25, 0.3) is 5.69 Å². The van der Waals surface area contributed by atoms with E-state index in [1.54, 1.807) is 60.7 Å². The smallest absolute Gasteiger partial charge is 0.258 e. The second-order valence-corrected chi connectivity index (χ2v) is 8.62. The standard InChI is InChI=1S/C21H15ClN4O4S/c22-16-10-8-14(9-11-16)18-13-20(15-4-3-5-17(12-15)26(27)28)25(24-18)19-6-1-2-7-21(19)31(23,29)30/h1-13H,(H2,23,29,30). The van der Waals surface area contributed by atoms with Gasteiger partial charge in [0.1, 0.15) is 4.90 Å². The maximum atomic E-state index is 12.2. The molecule has 31 heavy (non-hydrogen) atoms. The van der Waals surface area contributed by atoms with Crippen LogP contribution in [-0.2, 0) is 10.0 Å². The zero-order chi connectivity index (χ0) is 22.2. The van der Waals surface area contributed by atoms with Crippen molar-refractivity contribution in [3.05, 3.63) is 94.0 Å². The van der Waals surface area contributed by atoms with E-state index in [0.29, 0.717) is 22.0 Å². The Bertz CT molecular complexity index is 1400. The molecule has 0 aliphatic heterocycles. The summed E-state index contributed by atoms with van der Waals surface area (Å²) in [4.78, 5) is 10.6. The van der Waals surface area contributed by atoms with Crippen LogP contribution >= 0.6 is 11.6 Å². The fraction of sp³-hybridized carbons (Fsp3) is 0. The second kappa shape index (κ2) is 7.95. The SMILES string of the molecule is NS(=O)(=O)c1ccccc1-n1nc(-c2ccc(Cl)cc2)cc1-c1cccc([N+](=O)[O-])c1. The number of sulfonamides is 1. The van der Waals surface area contributed by atoms with Gasteiger partial charge in [0.05, 0.1) is 22.0 Å². The van der Waals surface area contributed by atoms with Gasteiger partial charge in [-0.05, 0) is 30.3 Å². The summed E-state index contributed by atoms with van der Waals surface area (Å²) < 4.78 is 25.7. The van der Waals surface area contributed by atoms with Crippen molar-refractivity contribution in [2.45, 2.75) is 4.90 Å². The molecule has 156 valence electrons. The van der Waals surface area contributed by atoms with Gasteiger partial charge in [-0.25, -0.2) is 18.2 Å². The van der Waals surface area contributed by atoms with Crippen molar-refractivity contribution in [2.75, 3.05) is 0 Å². The Kier molecular flexibility index (Phi) is 5.32. The van der Waals surface area contributed by atoms with E-state index in [1.165, 1.54) is 22.9 Å². The minimum atomic E-state index is -4.05. The molecule has 0 bridgehead atoms. The molecule has 2 N–H and O–H groups in total. The average molecular weight is 455 g/mol. The molecule has 4 rings (SSSR count). The Balaban J connectivity index is 2.00. The molecule has 1 heterocycles. The predicted octanol–water partition coefficient (Wildman–Crippen LogP) is 4.42. The monoisotopic (exact) mass is 454 g/mol. The van der Waals surface area contributed by atoms with Gasteiger partial charge in [0.2, 0.25) is 10.0 Å². The van der Waals surface area contributed by atoms with Gasteiger partial charge >= 0.3 is 0 Å². The molecule has 0 amide bonds. The largest absolute Gasteiger partial charge is 0.270 e. The zero-order valence-electron chi connectivity index (χ0n) is 15.8. The van der Waals surface area contributed by atoms with Crippen molar-refractivity contribution in [3.8, 4) is 28.2 Å². The highest BCUT2D eigenvalue weighted by molar-refractivity contribution is 7.89. The molecule has 4 aromatic rings. The summed E-state index contributed by atoms with van der Waals surface area (Å²) in [5.74, 6) is 0. The highest BCUT2D eigenvalue weighted by atomic mass is 35.5. The second-order valence-electron chi connectivity index (χ2n) is 6.65. The van der Waals surface area contributed by atoms with Gasteiger partial charge in [-0.1, -0.05) is 48.0 Å². The summed E-state index contributed by atoms with van der Waals surface area (Å²) in [7, 11) is -4.05. The molecule has 0 saturated carbocycles. The number of hydrogen-bond acceptors (Lipinski definition) is 5. The number of aromatic nitrogens is 2. The first-order valence-electron chi connectivity index (χ1n) is 8.97. The number of nitro groups is 1. The van der Waals surface area contributed by atoms with E-state index in [0.717, 1.165) is 5.56 Å². The third-order valence-corrected chi connectivity index (χ3v) is 5.81. The summed E-state index contributed by atoms with van der Waals surface area (Å²) >= 11 is 5.98. The van der Waals surface area contributed by atoms with Crippen LogP contribution in [0, 0.1) is 10.1 Å². The van der Waals surface area contributed by atoms with Crippen LogP contribution in [0.4, 0.5) is 5.69 Å². The lowest BCUT2D eigenvalue weighted by molar-refractivity contribution is -0.384. The predicted molar refractivity (Wildman–Crippen MR) is 117 cm³/mol. The van der Waals surface area contributed by atoms with Gasteiger partial charge in [0.15, 0.2) is 0 Å². The quantitative estimate of drug-likeness (QED) is 0.353. The molecule has 0 aliphatic rings. The molecule has 0 spiro atoms. The number of para-hydroxylation sites is 1. The number of hydrogen-bond donors (Lipinski definition) is 1. The van der Waals surface area contributed by atoms with E-state index in [-0.39, 0.29) is 16.3 Å². The van der Waals surface area contributed by atoms with Crippen molar-refractivity contribution in [1.29, 1.82) is 0 Å². The fourth-order valence-corrected chi connectivity index (χ4v) is 4.02. The molecule has 0 saturated heterocycles. The Morgan fingerprint density at radius 3 is 2.32 bits per heavy atom. The Hall–Kier alpha value is -3.53. The maximum Gasteiger partial charge on any atom is 0.270 e. The number of primary sulfonamides is 1. The van der Waals surface area contributed by atoms with E-state index in [1.807, 2.05) is 0 Å². The van der Waals surface area contributed by atoms with Gasteiger partial charge in [-0.3, -0.25) is 10.1 Å². The number of nitrogens with two attached hydrogens (primary N) is 1. The number of rotatable bonds is 5. The van der Waals surface area contributed by atoms with E-state index < -0.39 is 14.9 Å². The van der Waals surface area contributed by atoms with Crippen LogP contribution in [0.15, 0.2) is 83.8 Å². The fourth-order valence-electron chi connectivity index (χ4n) is 3.18. The lowest BCUT2D eigenvalue weighted by Gasteiger charge is -2.11. The minimum Gasteiger partial charge on any atom is -0.258 e. The van der Waals surface area contributed by atoms with Crippen LogP contribution in [-0.4, -0.2) is 23.1 Å². The van der Waals surface area contributed by atoms with Crippen molar-refractivity contribution >= 4 is 27.3 Å². The molecule has 0 radical (unpaired) electrons. The molecular formula is C21H15ClN4O4S. The van der Waals surface area contributed by atoms with Crippen LogP contribution in [0.3, 0.4) is 0 Å². The summed E-state index contributed by atoms with van der Waals surface area (Å²) in [6, 6.07) is 20.9. The van der Waals surface area contributed by atoms with Crippen LogP contribution in [0.5, 0.6) is 0 Å². The molecule has 8 nitrogen and oxygen atoms in total. The van der Waals surface area contributed by atoms with E-state index >= 15 is 0 Å².